The number of hydrogen-bond acceptors (Lipinski definition) is 4. The van der Waals surface area contributed by atoms with Crippen LogP contribution in [0.4, 0.5) is 24.5 Å². The molecule has 29 heavy (non-hydrogen) atoms. The van der Waals surface area contributed by atoms with Gasteiger partial charge in [-0.15, -0.1) is 0 Å². The molecule has 0 radical (unpaired) electrons. The third-order valence-electron chi connectivity index (χ3n) is 4.73. The van der Waals surface area contributed by atoms with E-state index in [0.717, 1.165) is 6.07 Å². The van der Waals surface area contributed by atoms with E-state index in [4.69, 9.17) is 0 Å². The van der Waals surface area contributed by atoms with Crippen molar-refractivity contribution in [2.45, 2.75) is 11.1 Å². The molecule has 0 spiro atoms. The number of nitrogens with zero attached hydrogens (tertiary/aromatic N) is 1. The van der Waals surface area contributed by atoms with Gasteiger partial charge in [0.2, 0.25) is 0 Å². The van der Waals surface area contributed by atoms with Crippen LogP contribution in [0.3, 0.4) is 0 Å². The van der Waals surface area contributed by atoms with E-state index in [1.54, 1.807) is 13.1 Å². The molecule has 0 unspecified atom stereocenters. The van der Waals surface area contributed by atoms with E-state index in [1.807, 2.05) is 4.72 Å². The number of hydrogen-bond donors (Lipinski definition) is 2. The second-order valence-electron chi connectivity index (χ2n) is 6.51. The average Bonchev–Trinajstić information content (AvgIpc) is 2.89. The van der Waals surface area contributed by atoms with Crippen molar-refractivity contribution in [2.24, 2.45) is 0 Å². The number of carbonyl (C=O) groups excluding carboxylic acids is 1. The number of aromatic hydroxyl groups is 1. The first-order chi connectivity index (χ1) is 13.5. The zero-order valence-corrected chi connectivity index (χ0v) is 15.6. The zero-order chi connectivity index (χ0) is 21.1. The number of benzene rings is 3. The molecule has 1 heterocycles. The molecule has 3 aromatic rings. The molecule has 0 aromatic heterocycles. The zero-order valence-electron chi connectivity index (χ0n) is 14.8. The van der Waals surface area contributed by atoms with Crippen LogP contribution in [0.1, 0.15) is 15.9 Å². The number of phenols is 1. The lowest BCUT2D eigenvalue weighted by atomic mass is 10.1. The molecule has 0 saturated heterocycles. The first-order valence-electron chi connectivity index (χ1n) is 8.27. The Bertz CT molecular complexity index is 1290. The summed E-state index contributed by atoms with van der Waals surface area (Å²) in [6.45, 7) is 0. The maximum Gasteiger partial charge on any atom is 0.416 e. The van der Waals surface area contributed by atoms with Gasteiger partial charge in [0.15, 0.2) is 0 Å². The Hall–Kier alpha value is -3.27. The Morgan fingerprint density at radius 1 is 1.07 bits per heavy atom. The van der Waals surface area contributed by atoms with Gasteiger partial charge < -0.3 is 10.0 Å². The number of nitrogens with one attached hydrogen (secondary N) is 1. The highest BCUT2D eigenvalue weighted by Gasteiger charge is 2.33. The van der Waals surface area contributed by atoms with E-state index in [0.29, 0.717) is 28.8 Å². The van der Waals surface area contributed by atoms with Gasteiger partial charge in [-0.3, -0.25) is 9.52 Å². The van der Waals surface area contributed by atoms with Crippen LogP contribution in [0, 0.1) is 0 Å². The van der Waals surface area contributed by atoms with Gasteiger partial charge in [0.05, 0.1) is 21.8 Å². The quantitative estimate of drug-likeness (QED) is 0.626. The minimum atomic E-state index is -4.71. The van der Waals surface area contributed by atoms with E-state index in [2.05, 4.69) is 0 Å². The summed E-state index contributed by atoms with van der Waals surface area (Å²) in [7, 11) is -2.81. The Balaban J connectivity index is 1.85. The fraction of sp³-hybridized carbons (Fsp3) is 0.105. The van der Waals surface area contributed by atoms with Crippen molar-refractivity contribution in [1.29, 1.82) is 0 Å². The minimum absolute atomic E-state index is 0.224. The van der Waals surface area contributed by atoms with Crippen molar-refractivity contribution in [3.8, 4) is 5.75 Å². The van der Waals surface area contributed by atoms with Crippen LogP contribution < -0.4 is 9.62 Å². The average molecular weight is 422 g/mol. The molecular weight excluding hydrogens is 409 g/mol. The van der Waals surface area contributed by atoms with Crippen LogP contribution in [-0.4, -0.2) is 26.5 Å². The van der Waals surface area contributed by atoms with Gasteiger partial charge in [-0.1, -0.05) is 12.1 Å². The second kappa shape index (κ2) is 6.11. The van der Waals surface area contributed by atoms with Gasteiger partial charge in [-0.05, 0) is 36.4 Å². The number of phenolic OH excluding ortho intramolecular Hbond substituents is 1. The molecule has 4 rings (SSSR count). The van der Waals surface area contributed by atoms with Crippen molar-refractivity contribution in [2.75, 3.05) is 16.7 Å². The molecule has 0 atom stereocenters. The Morgan fingerprint density at radius 2 is 1.79 bits per heavy atom. The van der Waals surface area contributed by atoms with Crippen molar-refractivity contribution in [3.63, 3.8) is 0 Å². The lowest BCUT2D eigenvalue weighted by molar-refractivity contribution is -0.137. The van der Waals surface area contributed by atoms with Crippen molar-refractivity contribution >= 4 is 38.1 Å². The Kier molecular flexibility index (Phi) is 4.02. The van der Waals surface area contributed by atoms with Crippen LogP contribution in [-0.2, 0) is 16.2 Å². The number of carbonyl (C=O) groups is 1. The number of alkyl halides is 3. The molecule has 6 nitrogen and oxygen atoms in total. The lowest BCUT2D eigenvalue weighted by Gasteiger charge is -2.15. The fourth-order valence-electron chi connectivity index (χ4n) is 3.34. The third kappa shape index (κ3) is 2.96. The van der Waals surface area contributed by atoms with Crippen LogP contribution in [0.25, 0.3) is 10.8 Å². The van der Waals surface area contributed by atoms with Gasteiger partial charge in [-0.25, -0.2) is 8.42 Å². The first-order valence-corrected chi connectivity index (χ1v) is 9.76. The highest BCUT2D eigenvalue weighted by Crippen LogP contribution is 2.40. The monoisotopic (exact) mass is 422 g/mol. The summed E-state index contributed by atoms with van der Waals surface area (Å²) in [5.41, 5.74) is -0.850. The van der Waals surface area contributed by atoms with E-state index in [-0.39, 0.29) is 16.2 Å². The van der Waals surface area contributed by atoms with Gasteiger partial charge in [0.1, 0.15) is 5.75 Å². The summed E-state index contributed by atoms with van der Waals surface area (Å²) in [4.78, 5) is 13.5. The molecule has 2 N–H and O–H groups in total. The van der Waals surface area contributed by atoms with E-state index in [9.17, 15) is 31.5 Å². The number of sulfonamides is 1. The Morgan fingerprint density at radius 3 is 2.48 bits per heavy atom. The maximum absolute atomic E-state index is 12.9. The second-order valence-corrected chi connectivity index (χ2v) is 8.16. The van der Waals surface area contributed by atoms with Crippen LogP contribution in [0.15, 0.2) is 53.4 Å². The lowest BCUT2D eigenvalue weighted by Crippen LogP contribution is -2.20. The summed E-state index contributed by atoms with van der Waals surface area (Å²) in [5.74, 6) is -0.939. The summed E-state index contributed by atoms with van der Waals surface area (Å²) >= 11 is 0. The fourth-order valence-corrected chi connectivity index (χ4v) is 4.61. The molecule has 1 aliphatic rings. The van der Waals surface area contributed by atoms with Gasteiger partial charge in [-0.2, -0.15) is 13.2 Å². The SMILES string of the molecule is CN1C(=O)c2cccc3c(S(=O)(=O)Nc4cc(C(F)(F)F)ccc4O)ccc1c23. The minimum Gasteiger partial charge on any atom is -0.506 e. The van der Waals surface area contributed by atoms with Gasteiger partial charge >= 0.3 is 6.18 Å². The molecule has 10 heteroatoms. The summed E-state index contributed by atoms with van der Waals surface area (Å²) in [6, 6.07) is 9.26. The molecular formula is C19H13F3N2O4S. The van der Waals surface area contributed by atoms with E-state index >= 15 is 0 Å². The molecule has 0 fully saturated rings. The summed E-state index contributed by atoms with van der Waals surface area (Å²) < 4.78 is 66.7. The highest BCUT2D eigenvalue weighted by atomic mass is 32.2. The number of amides is 1. The van der Waals surface area contributed by atoms with Crippen LogP contribution in [0.2, 0.25) is 0 Å². The largest absolute Gasteiger partial charge is 0.506 e. The van der Waals surface area contributed by atoms with E-state index in [1.165, 1.54) is 29.2 Å². The molecule has 150 valence electrons. The number of halogens is 3. The van der Waals surface area contributed by atoms with Crippen molar-refractivity contribution in [3.05, 3.63) is 59.7 Å². The van der Waals surface area contributed by atoms with Crippen molar-refractivity contribution in [1.82, 2.24) is 0 Å². The summed E-state index contributed by atoms with van der Waals surface area (Å²) in [5, 5.41) is 10.5. The number of rotatable bonds is 3. The molecule has 1 aliphatic heterocycles. The van der Waals surface area contributed by atoms with Crippen LogP contribution in [0.5, 0.6) is 5.75 Å². The molecule has 0 aliphatic carbocycles. The molecule has 0 saturated carbocycles. The topological polar surface area (TPSA) is 86.7 Å². The third-order valence-corrected chi connectivity index (χ3v) is 6.16. The highest BCUT2D eigenvalue weighted by molar-refractivity contribution is 7.93. The van der Waals surface area contributed by atoms with Crippen molar-refractivity contribution < 1.29 is 31.5 Å². The maximum atomic E-state index is 12.9. The Labute approximate surface area is 163 Å². The van der Waals surface area contributed by atoms with Gasteiger partial charge in [0, 0.05) is 23.4 Å². The molecule has 3 aromatic carbocycles. The standard InChI is InChI=1S/C19H13F3N2O4S/c1-24-14-6-8-16(11-3-2-4-12(17(11)14)18(24)26)29(27,28)23-13-9-10(19(20,21)22)5-7-15(13)25/h2-9,23,25H,1H3. The molecule has 1 amide bonds. The van der Waals surface area contributed by atoms with Crippen LogP contribution >= 0.6 is 0 Å². The normalized spacial score (nSPS) is 13.9. The van der Waals surface area contributed by atoms with Gasteiger partial charge in [0.25, 0.3) is 15.9 Å². The molecule has 0 bridgehead atoms. The predicted molar refractivity (Wildman–Crippen MR) is 101 cm³/mol. The summed E-state index contributed by atoms with van der Waals surface area (Å²) in [6.07, 6.45) is -4.71. The smallest absolute Gasteiger partial charge is 0.416 e. The first kappa shape index (κ1) is 19.1. The number of anilines is 2. The van der Waals surface area contributed by atoms with E-state index < -0.39 is 33.2 Å². The predicted octanol–water partition coefficient (Wildman–Crippen LogP) is 3.96.